The van der Waals surface area contributed by atoms with Gasteiger partial charge < -0.3 is 14.5 Å². The molecule has 0 fully saturated rings. The molecule has 1 unspecified atom stereocenters. The van der Waals surface area contributed by atoms with Gasteiger partial charge in [0.1, 0.15) is 5.75 Å². The smallest absolute Gasteiger partial charge is 0.266 e. The predicted octanol–water partition coefficient (Wildman–Crippen LogP) is 1.89. The maximum Gasteiger partial charge on any atom is 0.266 e. The summed E-state index contributed by atoms with van der Waals surface area (Å²) in [6, 6.07) is 7.58. The van der Waals surface area contributed by atoms with E-state index in [-0.39, 0.29) is 5.91 Å². The molecule has 1 amide bonds. The zero-order valence-corrected chi connectivity index (χ0v) is 14.9. The first-order chi connectivity index (χ1) is 12.0. The Morgan fingerprint density at radius 1 is 1.44 bits per heavy atom. The number of methoxy groups -OCH3 is 1. The summed E-state index contributed by atoms with van der Waals surface area (Å²) in [6.45, 7) is 2.47. The number of aromatic nitrogens is 2. The molecule has 0 radical (unpaired) electrons. The van der Waals surface area contributed by atoms with E-state index in [1.54, 1.807) is 29.9 Å². The van der Waals surface area contributed by atoms with Crippen LogP contribution in [0.2, 0.25) is 0 Å². The third-order valence-electron chi connectivity index (χ3n) is 4.48. The zero-order chi connectivity index (χ0) is 18.0. The lowest BCUT2D eigenvalue weighted by molar-refractivity contribution is -0.141. The number of para-hydroxylation sites is 1. The Kier molecular flexibility index (Phi) is 4.74. The molecule has 0 spiro atoms. The van der Waals surface area contributed by atoms with Crippen molar-refractivity contribution in [2.75, 3.05) is 14.2 Å². The van der Waals surface area contributed by atoms with Crippen molar-refractivity contribution in [3.05, 3.63) is 47.3 Å². The fourth-order valence-corrected chi connectivity index (χ4v) is 2.83. The molecule has 1 atom stereocenters. The highest BCUT2D eigenvalue weighted by Gasteiger charge is 2.32. The van der Waals surface area contributed by atoms with Crippen LogP contribution in [0, 0.1) is 6.92 Å². The monoisotopic (exact) mass is 342 g/mol. The molecule has 2 aromatic rings. The fraction of sp³-hybridized carbons (Fsp3) is 0.389. The van der Waals surface area contributed by atoms with Gasteiger partial charge >= 0.3 is 0 Å². The number of ether oxygens (including phenoxy) is 1. The molecule has 25 heavy (non-hydrogen) atoms. The highest BCUT2D eigenvalue weighted by Crippen LogP contribution is 2.25. The van der Waals surface area contributed by atoms with E-state index in [1.807, 2.05) is 38.2 Å². The van der Waals surface area contributed by atoms with Crippen LogP contribution in [0.1, 0.15) is 23.2 Å². The summed E-state index contributed by atoms with van der Waals surface area (Å²) >= 11 is 0. The Balaban J connectivity index is 1.66. The van der Waals surface area contributed by atoms with E-state index in [0.717, 1.165) is 28.3 Å². The number of benzene rings is 1. The van der Waals surface area contributed by atoms with Gasteiger partial charge in [0.15, 0.2) is 0 Å². The number of likely N-dealkylation sites (N-methyl/N-ethyl adjacent to an activating group) is 1. The summed E-state index contributed by atoms with van der Waals surface area (Å²) in [5.41, 5.74) is 3.63. The van der Waals surface area contributed by atoms with E-state index < -0.39 is 6.10 Å². The molecule has 3 rings (SSSR count). The molecule has 0 saturated carbocycles. The van der Waals surface area contributed by atoms with Gasteiger partial charge in [-0.25, -0.2) is 0 Å². The molecule has 1 aromatic carbocycles. The maximum atomic E-state index is 12.7. The summed E-state index contributed by atoms with van der Waals surface area (Å²) in [5.74, 6) is 0.620. The van der Waals surface area contributed by atoms with E-state index in [2.05, 4.69) is 10.3 Å². The van der Waals surface area contributed by atoms with Gasteiger partial charge in [-0.3, -0.25) is 9.48 Å². The lowest BCUT2D eigenvalue weighted by Crippen LogP contribution is -2.36. The second-order valence-corrected chi connectivity index (χ2v) is 6.11. The number of hydrogen-bond acceptors (Lipinski definition) is 5. The summed E-state index contributed by atoms with van der Waals surface area (Å²) in [4.78, 5) is 19.7. The summed E-state index contributed by atoms with van der Waals surface area (Å²) < 4.78 is 7.15. The van der Waals surface area contributed by atoms with Crippen molar-refractivity contribution in [2.24, 2.45) is 12.2 Å². The van der Waals surface area contributed by atoms with Crippen LogP contribution in [0.5, 0.6) is 5.75 Å². The van der Waals surface area contributed by atoms with Gasteiger partial charge in [-0.15, -0.1) is 0 Å². The molecule has 1 aliphatic heterocycles. The third kappa shape index (κ3) is 3.35. The fourth-order valence-electron chi connectivity index (χ4n) is 2.83. The average molecular weight is 342 g/mol. The van der Waals surface area contributed by atoms with Gasteiger partial charge in [-0.2, -0.15) is 5.10 Å². The average Bonchev–Trinajstić information content (AvgIpc) is 3.23. The van der Waals surface area contributed by atoms with Gasteiger partial charge in [0, 0.05) is 43.9 Å². The minimum Gasteiger partial charge on any atom is -0.496 e. The second-order valence-electron chi connectivity index (χ2n) is 6.11. The van der Waals surface area contributed by atoms with Crippen LogP contribution >= 0.6 is 0 Å². The van der Waals surface area contributed by atoms with Crippen molar-refractivity contribution in [1.29, 1.82) is 0 Å². The molecule has 1 aliphatic rings. The van der Waals surface area contributed by atoms with E-state index in [0.29, 0.717) is 13.0 Å². The Morgan fingerprint density at radius 3 is 2.88 bits per heavy atom. The molecule has 7 heteroatoms. The van der Waals surface area contributed by atoms with Crippen LogP contribution in [0.3, 0.4) is 0 Å². The molecular weight excluding hydrogens is 320 g/mol. The van der Waals surface area contributed by atoms with Crippen LogP contribution in [0.25, 0.3) is 0 Å². The first-order valence-electron chi connectivity index (χ1n) is 8.09. The predicted molar refractivity (Wildman–Crippen MR) is 93.4 cm³/mol. The minimum absolute atomic E-state index is 0.100. The highest BCUT2D eigenvalue weighted by molar-refractivity contribution is 6.05. The molecule has 0 aliphatic carbocycles. The molecular formula is C18H22N4O3. The van der Waals surface area contributed by atoms with E-state index >= 15 is 0 Å². The van der Waals surface area contributed by atoms with Crippen molar-refractivity contribution in [3.63, 3.8) is 0 Å². The lowest BCUT2D eigenvalue weighted by atomic mass is 10.0. The van der Waals surface area contributed by atoms with Crippen molar-refractivity contribution >= 4 is 11.6 Å². The Labute approximate surface area is 146 Å². The van der Waals surface area contributed by atoms with Crippen molar-refractivity contribution < 1.29 is 14.4 Å². The summed E-state index contributed by atoms with van der Waals surface area (Å²) in [7, 11) is 5.26. The Bertz CT molecular complexity index is 812. The van der Waals surface area contributed by atoms with Gasteiger partial charge in [0.2, 0.25) is 6.10 Å². The number of oxime groups is 1. The van der Waals surface area contributed by atoms with Crippen LogP contribution in [0.15, 0.2) is 35.6 Å². The molecule has 0 bridgehead atoms. The number of carbonyl (C=O) groups excluding carboxylic acids is 1. The molecule has 1 aromatic heterocycles. The Hall–Kier alpha value is -2.83. The third-order valence-corrected chi connectivity index (χ3v) is 4.48. The minimum atomic E-state index is -0.609. The standard InChI is InChI=1S/C18H22N4O3/c1-12-13(10-19-22(12)3)11-21(2)18(23)17-9-15(20-25-17)14-7-5-6-8-16(14)24-4/h5-8,10,17H,9,11H2,1-4H3. The maximum absolute atomic E-state index is 12.7. The van der Waals surface area contributed by atoms with Crippen LogP contribution in [-0.4, -0.2) is 46.6 Å². The number of aryl methyl sites for hydroxylation is 1. The van der Waals surface area contributed by atoms with E-state index in [4.69, 9.17) is 9.57 Å². The van der Waals surface area contributed by atoms with Crippen molar-refractivity contribution in [1.82, 2.24) is 14.7 Å². The largest absolute Gasteiger partial charge is 0.496 e. The number of rotatable bonds is 5. The Morgan fingerprint density at radius 2 is 2.20 bits per heavy atom. The highest BCUT2D eigenvalue weighted by atomic mass is 16.6. The molecule has 7 nitrogen and oxygen atoms in total. The number of carbonyl (C=O) groups is 1. The quantitative estimate of drug-likeness (QED) is 0.832. The van der Waals surface area contributed by atoms with Gasteiger partial charge in [-0.1, -0.05) is 17.3 Å². The van der Waals surface area contributed by atoms with Crippen molar-refractivity contribution in [3.8, 4) is 5.75 Å². The van der Waals surface area contributed by atoms with Gasteiger partial charge in [0.25, 0.3) is 5.91 Å². The van der Waals surface area contributed by atoms with Gasteiger partial charge in [-0.05, 0) is 19.1 Å². The number of nitrogens with zero attached hydrogens (tertiary/aromatic N) is 4. The second kappa shape index (κ2) is 6.96. The lowest BCUT2D eigenvalue weighted by Gasteiger charge is -2.19. The van der Waals surface area contributed by atoms with Crippen LogP contribution in [0.4, 0.5) is 0 Å². The summed E-state index contributed by atoms with van der Waals surface area (Å²) in [5, 5.41) is 8.31. The SMILES string of the molecule is COc1ccccc1C1=NOC(C(=O)N(C)Cc2cnn(C)c2C)C1. The summed E-state index contributed by atoms with van der Waals surface area (Å²) in [6.07, 6.45) is 1.60. The zero-order valence-electron chi connectivity index (χ0n) is 14.9. The van der Waals surface area contributed by atoms with Crippen LogP contribution in [-0.2, 0) is 23.2 Å². The molecule has 0 saturated heterocycles. The first-order valence-corrected chi connectivity index (χ1v) is 8.09. The van der Waals surface area contributed by atoms with E-state index in [9.17, 15) is 4.79 Å². The van der Waals surface area contributed by atoms with Crippen LogP contribution < -0.4 is 4.74 Å². The van der Waals surface area contributed by atoms with Crippen molar-refractivity contribution in [2.45, 2.75) is 26.0 Å². The number of amides is 1. The first kappa shape index (κ1) is 17.0. The molecule has 0 N–H and O–H groups in total. The normalized spacial score (nSPS) is 16.3. The molecule has 132 valence electrons. The van der Waals surface area contributed by atoms with E-state index in [1.165, 1.54) is 0 Å². The molecule has 2 heterocycles. The van der Waals surface area contributed by atoms with Gasteiger partial charge in [0.05, 0.1) is 19.0 Å². The number of hydrogen-bond donors (Lipinski definition) is 0. The topological polar surface area (TPSA) is 69.0 Å².